The molecule has 3 N–H and O–H groups in total. The van der Waals surface area contributed by atoms with Gasteiger partial charge in [0.25, 0.3) is 0 Å². The van der Waals surface area contributed by atoms with E-state index in [-0.39, 0.29) is 47.5 Å². The zero-order chi connectivity index (χ0) is 5.28. The van der Waals surface area contributed by atoms with Crippen molar-refractivity contribution in [3.05, 3.63) is 0 Å². The summed E-state index contributed by atoms with van der Waals surface area (Å²) in [6, 6.07) is -0.398. The summed E-state index contributed by atoms with van der Waals surface area (Å²) in [5, 5.41) is 4.30. The predicted molar refractivity (Wildman–Crippen MR) is 23.5 cm³/mol. The van der Waals surface area contributed by atoms with Crippen molar-refractivity contribution in [3.8, 4) is 0 Å². The Balaban J connectivity index is 0. The molecule has 5 nitrogen and oxygen atoms in total. The van der Waals surface area contributed by atoms with Gasteiger partial charge in [-0.1, -0.05) is 0 Å². The number of nitrogens with one attached hydrogen (secondary N) is 2. The van der Waals surface area contributed by atoms with Crippen LogP contribution in [-0.4, -0.2) is 24.0 Å². The topological polar surface area (TPSA) is 88.2 Å². The van der Waals surface area contributed by atoms with Crippen LogP contribution in [0.25, 0.3) is 0 Å². The van der Waals surface area contributed by atoms with Gasteiger partial charge in [0, 0.05) is 0 Å². The van der Waals surface area contributed by atoms with Crippen molar-refractivity contribution in [1.82, 2.24) is 10.6 Å². The van der Waals surface area contributed by atoms with Crippen LogP contribution in [0.2, 0.25) is 0 Å². The number of carbonyl (C=O) groups excluding carboxylic acids is 2. The van der Waals surface area contributed by atoms with Crippen LogP contribution in [0.15, 0.2) is 0 Å². The zero-order valence-corrected chi connectivity index (χ0v) is 6.97. The Morgan fingerprint density at radius 1 is 1.33 bits per heavy atom. The van der Waals surface area contributed by atoms with Crippen LogP contribution in [0.4, 0.5) is 4.79 Å². The third-order valence-electron chi connectivity index (χ3n) is 0.662. The molecule has 9 heavy (non-hydrogen) atoms. The van der Waals surface area contributed by atoms with E-state index in [1.165, 1.54) is 0 Å². The molecule has 3 amide bonds. The van der Waals surface area contributed by atoms with E-state index in [1.807, 2.05) is 5.32 Å². The van der Waals surface area contributed by atoms with Crippen LogP contribution in [-0.2, 0) is 4.79 Å². The van der Waals surface area contributed by atoms with E-state index < -0.39 is 6.03 Å². The van der Waals surface area contributed by atoms with Crippen molar-refractivity contribution < 1.29 is 44.6 Å². The largest absolute Gasteiger partial charge is 1.00 e. The zero-order valence-electron chi connectivity index (χ0n) is 4.97. The smallest absolute Gasteiger partial charge is 0.870 e. The van der Waals surface area contributed by atoms with Crippen LogP contribution in [0, 0.1) is 0 Å². The molecule has 1 aliphatic rings. The fourth-order valence-corrected chi connectivity index (χ4v) is 0.376. The van der Waals surface area contributed by atoms with Crippen molar-refractivity contribution in [1.29, 1.82) is 0 Å². The van der Waals surface area contributed by atoms with Gasteiger partial charge in [-0.15, -0.1) is 0 Å². The Morgan fingerprint density at radius 2 is 1.89 bits per heavy atom. The first-order valence-electron chi connectivity index (χ1n) is 1.87. The minimum Gasteiger partial charge on any atom is -0.870 e. The number of rotatable bonds is 0. The second kappa shape index (κ2) is 4.75. The average molecular weight is 140 g/mol. The first-order chi connectivity index (χ1) is 3.29. The van der Waals surface area contributed by atoms with Crippen molar-refractivity contribution in [2.75, 3.05) is 6.54 Å². The Morgan fingerprint density at radius 3 is 2.00 bits per heavy atom. The molecule has 1 aliphatic heterocycles. The Bertz CT molecular complexity index is 112. The molecule has 46 valence electrons. The van der Waals surface area contributed by atoms with Gasteiger partial charge in [-0.05, 0) is 0 Å². The monoisotopic (exact) mass is 140 g/mol. The summed E-state index contributed by atoms with van der Waals surface area (Å²) in [4.78, 5) is 20.1. The van der Waals surface area contributed by atoms with Crippen LogP contribution in [0.3, 0.4) is 0 Å². The van der Waals surface area contributed by atoms with E-state index in [1.54, 1.807) is 0 Å². The van der Waals surface area contributed by atoms with E-state index in [4.69, 9.17) is 0 Å². The van der Waals surface area contributed by atoms with Gasteiger partial charge >= 0.3 is 35.6 Å². The fourth-order valence-electron chi connectivity index (χ4n) is 0.376. The molecule has 0 aromatic rings. The third kappa shape index (κ3) is 3.47. The van der Waals surface area contributed by atoms with Gasteiger partial charge in [0.1, 0.15) is 0 Å². The van der Waals surface area contributed by atoms with E-state index in [9.17, 15) is 9.59 Å². The quantitative estimate of drug-likeness (QED) is 0.263. The summed E-state index contributed by atoms with van der Waals surface area (Å²) in [6.45, 7) is 0.124. The number of hydrogen-bond donors (Lipinski definition) is 2. The third-order valence-corrected chi connectivity index (χ3v) is 0.662. The van der Waals surface area contributed by atoms with Crippen LogP contribution >= 0.6 is 0 Å². The molecule has 1 fully saturated rings. The molecule has 0 bridgehead atoms. The van der Waals surface area contributed by atoms with Crippen LogP contribution in [0.1, 0.15) is 0 Å². The molecular formula is C3H5N2NaO3. The number of carbonyl (C=O) groups is 2. The first-order valence-corrected chi connectivity index (χ1v) is 1.87. The van der Waals surface area contributed by atoms with E-state index >= 15 is 0 Å². The van der Waals surface area contributed by atoms with Gasteiger partial charge in [-0.3, -0.25) is 10.1 Å². The molecule has 0 unspecified atom stereocenters. The Hall–Kier alpha value is -0.100. The Kier molecular flexibility index (Phi) is 6.16. The number of imide groups is 1. The van der Waals surface area contributed by atoms with Crippen molar-refractivity contribution in [2.45, 2.75) is 0 Å². The maximum absolute atomic E-state index is 10.1. The molecule has 6 heteroatoms. The molecule has 0 spiro atoms. The summed E-state index contributed by atoms with van der Waals surface area (Å²) >= 11 is 0. The maximum Gasteiger partial charge on any atom is 1.00 e. The van der Waals surface area contributed by atoms with Crippen LogP contribution in [0.5, 0.6) is 0 Å². The molecule has 0 atom stereocenters. The summed E-state index contributed by atoms with van der Waals surface area (Å²) in [5.74, 6) is -0.259. The van der Waals surface area contributed by atoms with Gasteiger partial charge in [0.2, 0.25) is 5.91 Å². The molecule has 0 aromatic heterocycles. The summed E-state index contributed by atoms with van der Waals surface area (Å²) < 4.78 is 0. The first kappa shape index (κ1) is 11.7. The van der Waals surface area contributed by atoms with Crippen LogP contribution < -0.4 is 40.2 Å². The molecule has 0 saturated carbocycles. The fraction of sp³-hybridized carbons (Fsp3) is 0.333. The molecule has 1 saturated heterocycles. The van der Waals surface area contributed by atoms with E-state index in [2.05, 4.69) is 5.32 Å². The van der Waals surface area contributed by atoms with Gasteiger partial charge in [-0.2, -0.15) is 0 Å². The second-order valence-corrected chi connectivity index (χ2v) is 1.23. The molecule has 0 aliphatic carbocycles. The van der Waals surface area contributed by atoms with Gasteiger partial charge in [-0.25, -0.2) is 4.79 Å². The normalized spacial score (nSPS) is 14.7. The second-order valence-electron chi connectivity index (χ2n) is 1.23. The van der Waals surface area contributed by atoms with Crippen molar-refractivity contribution >= 4 is 11.9 Å². The average Bonchev–Trinajstić information content (AvgIpc) is 1.87. The molecule has 0 radical (unpaired) electrons. The molecule has 0 aromatic carbocycles. The van der Waals surface area contributed by atoms with Gasteiger partial charge in [0.05, 0.1) is 6.54 Å². The Labute approximate surface area is 73.8 Å². The number of urea groups is 1. The standard InChI is InChI=1S/C3H4N2O2.Na.H2O/c6-2-1-4-3(7)5-2;;/h1H2,(H2,4,5,6,7);;1H2/q;+1;/p-1. The summed E-state index contributed by atoms with van der Waals surface area (Å²) in [7, 11) is 0. The number of amides is 3. The maximum atomic E-state index is 10.1. The number of hydrogen-bond acceptors (Lipinski definition) is 3. The van der Waals surface area contributed by atoms with Gasteiger partial charge < -0.3 is 10.8 Å². The molecule has 1 heterocycles. The van der Waals surface area contributed by atoms with E-state index in [0.717, 1.165) is 0 Å². The summed E-state index contributed by atoms with van der Waals surface area (Å²) in [6.07, 6.45) is 0. The van der Waals surface area contributed by atoms with E-state index in [0.29, 0.717) is 0 Å². The molecule has 1 rings (SSSR count). The summed E-state index contributed by atoms with van der Waals surface area (Å²) in [5.41, 5.74) is 0. The minimum atomic E-state index is -0.398. The minimum absolute atomic E-state index is 0. The predicted octanol–water partition coefficient (Wildman–Crippen LogP) is -4.35. The van der Waals surface area contributed by atoms with Crippen molar-refractivity contribution in [2.24, 2.45) is 0 Å². The molecular weight excluding hydrogens is 135 g/mol. The van der Waals surface area contributed by atoms with Gasteiger partial charge in [0.15, 0.2) is 0 Å². The van der Waals surface area contributed by atoms with Crippen molar-refractivity contribution in [3.63, 3.8) is 0 Å². The SMILES string of the molecule is O=C1CNC(=O)N1.[Na+].[OH-].